The van der Waals surface area contributed by atoms with Gasteiger partial charge in [0.2, 0.25) is 0 Å². The molecule has 0 aliphatic heterocycles. The molecule has 1 aromatic rings. The quantitative estimate of drug-likeness (QED) is 0.695. The zero-order chi connectivity index (χ0) is 9.14. The third kappa shape index (κ3) is 2.06. The van der Waals surface area contributed by atoms with Crippen molar-refractivity contribution in [2.45, 2.75) is 26.0 Å². The van der Waals surface area contributed by atoms with Gasteiger partial charge in [0.1, 0.15) is 0 Å². The second-order valence-corrected chi connectivity index (χ2v) is 3.21. The molecule has 1 rings (SSSR count). The van der Waals surface area contributed by atoms with Gasteiger partial charge in [-0.05, 0) is 19.4 Å². The van der Waals surface area contributed by atoms with Crippen LogP contribution in [0.3, 0.4) is 0 Å². The Balaban J connectivity index is 2.82. The Labute approximate surface area is 73.0 Å². The van der Waals surface area contributed by atoms with Crippen molar-refractivity contribution in [3.63, 3.8) is 0 Å². The predicted octanol–water partition coefficient (Wildman–Crippen LogP) is 1.38. The monoisotopic (exact) mass is 165 g/mol. The van der Waals surface area contributed by atoms with Crippen molar-refractivity contribution in [3.8, 4) is 0 Å². The molecule has 3 N–H and O–H groups in total. The molecule has 2 heteroatoms. The highest BCUT2D eigenvalue weighted by atomic mass is 16.3. The molecule has 0 aromatic heterocycles. The SMILES string of the molecule is Cc1ccc([C@@H](O)[C@H](C)N)cc1. The Kier molecular flexibility index (Phi) is 2.84. The number of aliphatic hydroxyl groups is 1. The molecule has 0 saturated heterocycles. The highest BCUT2D eigenvalue weighted by molar-refractivity contribution is 5.23. The predicted molar refractivity (Wildman–Crippen MR) is 49.8 cm³/mol. The maximum Gasteiger partial charge on any atom is 0.0938 e. The topological polar surface area (TPSA) is 46.2 Å². The first kappa shape index (κ1) is 9.23. The van der Waals surface area contributed by atoms with Crippen LogP contribution in [0.4, 0.5) is 0 Å². The van der Waals surface area contributed by atoms with E-state index < -0.39 is 6.10 Å². The van der Waals surface area contributed by atoms with E-state index in [1.54, 1.807) is 6.92 Å². The Morgan fingerprint density at radius 3 is 2.17 bits per heavy atom. The van der Waals surface area contributed by atoms with Gasteiger partial charge in [-0.25, -0.2) is 0 Å². The number of rotatable bonds is 2. The van der Waals surface area contributed by atoms with Crippen LogP contribution in [0.1, 0.15) is 24.2 Å². The van der Waals surface area contributed by atoms with Crippen LogP contribution in [0.2, 0.25) is 0 Å². The summed E-state index contributed by atoms with van der Waals surface area (Å²) < 4.78 is 0. The molecule has 0 spiro atoms. The van der Waals surface area contributed by atoms with E-state index >= 15 is 0 Å². The molecular formula is C10H15NO. The zero-order valence-electron chi connectivity index (χ0n) is 7.49. The van der Waals surface area contributed by atoms with Gasteiger partial charge >= 0.3 is 0 Å². The van der Waals surface area contributed by atoms with Gasteiger partial charge in [0, 0.05) is 6.04 Å². The van der Waals surface area contributed by atoms with Crippen LogP contribution in [0.15, 0.2) is 24.3 Å². The van der Waals surface area contributed by atoms with E-state index in [0.29, 0.717) is 0 Å². The van der Waals surface area contributed by atoms with Gasteiger partial charge in [-0.1, -0.05) is 29.8 Å². The minimum absolute atomic E-state index is 0.215. The average Bonchev–Trinajstić information content (AvgIpc) is 2.04. The number of nitrogens with two attached hydrogens (primary N) is 1. The van der Waals surface area contributed by atoms with Gasteiger partial charge < -0.3 is 10.8 Å². The van der Waals surface area contributed by atoms with Crippen molar-refractivity contribution in [1.29, 1.82) is 0 Å². The van der Waals surface area contributed by atoms with Gasteiger partial charge in [-0.2, -0.15) is 0 Å². The first-order chi connectivity index (χ1) is 5.61. The van der Waals surface area contributed by atoms with Gasteiger partial charge in [0.05, 0.1) is 6.10 Å². The third-order valence-electron chi connectivity index (χ3n) is 1.92. The Bertz CT molecular complexity index is 241. The molecule has 2 atom stereocenters. The molecule has 12 heavy (non-hydrogen) atoms. The second kappa shape index (κ2) is 3.70. The first-order valence-corrected chi connectivity index (χ1v) is 4.11. The minimum Gasteiger partial charge on any atom is -0.387 e. The van der Waals surface area contributed by atoms with E-state index in [-0.39, 0.29) is 6.04 Å². The highest BCUT2D eigenvalue weighted by Gasteiger charge is 2.10. The lowest BCUT2D eigenvalue weighted by atomic mass is 10.0. The number of hydrogen-bond donors (Lipinski definition) is 2. The summed E-state index contributed by atoms with van der Waals surface area (Å²) in [5, 5.41) is 9.56. The van der Waals surface area contributed by atoms with Crippen LogP contribution in [0, 0.1) is 6.92 Å². The normalized spacial score (nSPS) is 15.7. The van der Waals surface area contributed by atoms with E-state index in [9.17, 15) is 5.11 Å². The molecule has 0 bridgehead atoms. The largest absolute Gasteiger partial charge is 0.387 e. The van der Waals surface area contributed by atoms with E-state index in [0.717, 1.165) is 5.56 Å². The van der Waals surface area contributed by atoms with Crippen LogP contribution >= 0.6 is 0 Å². The summed E-state index contributed by atoms with van der Waals surface area (Å²) in [5.74, 6) is 0. The smallest absolute Gasteiger partial charge is 0.0938 e. The lowest BCUT2D eigenvalue weighted by Gasteiger charge is -2.14. The van der Waals surface area contributed by atoms with Gasteiger partial charge in [0.25, 0.3) is 0 Å². The summed E-state index contributed by atoms with van der Waals surface area (Å²) in [6, 6.07) is 7.54. The zero-order valence-corrected chi connectivity index (χ0v) is 7.49. The van der Waals surface area contributed by atoms with Crippen molar-refractivity contribution < 1.29 is 5.11 Å². The Hall–Kier alpha value is -0.860. The molecule has 1 aromatic carbocycles. The van der Waals surface area contributed by atoms with Crippen molar-refractivity contribution in [2.75, 3.05) is 0 Å². The summed E-state index contributed by atoms with van der Waals surface area (Å²) in [5.41, 5.74) is 7.63. The van der Waals surface area contributed by atoms with Crippen LogP contribution < -0.4 is 5.73 Å². The molecule has 0 fully saturated rings. The van der Waals surface area contributed by atoms with E-state index in [2.05, 4.69) is 0 Å². The van der Waals surface area contributed by atoms with Gasteiger partial charge in [0.15, 0.2) is 0 Å². The Morgan fingerprint density at radius 1 is 1.25 bits per heavy atom. The molecule has 0 aliphatic carbocycles. The van der Waals surface area contributed by atoms with Crippen LogP contribution in [-0.2, 0) is 0 Å². The van der Waals surface area contributed by atoms with Crippen molar-refractivity contribution in [1.82, 2.24) is 0 Å². The second-order valence-electron chi connectivity index (χ2n) is 3.21. The van der Waals surface area contributed by atoms with Crippen LogP contribution in [0.25, 0.3) is 0 Å². The summed E-state index contributed by atoms with van der Waals surface area (Å²) in [6.07, 6.45) is -0.550. The summed E-state index contributed by atoms with van der Waals surface area (Å²) in [7, 11) is 0. The average molecular weight is 165 g/mol. The first-order valence-electron chi connectivity index (χ1n) is 4.11. The van der Waals surface area contributed by atoms with Crippen molar-refractivity contribution in [2.24, 2.45) is 5.73 Å². The molecule has 0 saturated carbocycles. The Morgan fingerprint density at radius 2 is 1.75 bits per heavy atom. The van der Waals surface area contributed by atoms with Gasteiger partial charge in [-0.15, -0.1) is 0 Å². The summed E-state index contributed by atoms with van der Waals surface area (Å²) in [4.78, 5) is 0. The standard InChI is InChI=1S/C10H15NO/c1-7-3-5-9(6-4-7)10(12)8(2)11/h3-6,8,10,12H,11H2,1-2H3/t8-,10-/m0/s1. The molecular weight excluding hydrogens is 150 g/mol. The molecule has 0 radical (unpaired) electrons. The van der Waals surface area contributed by atoms with Crippen molar-refractivity contribution in [3.05, 3.63) is 35.4 Å². The summed E-state index contributed by atoms with van der Waals surface area (Å²) in [6.45, 7) is 3.81. The van der Waals surface area contributed by atoms with E-state index in [1.807, 2.05) is 31.2 Å². The fourth-order valence-corrected chi connectivity index (χ4v) is 1.07. The highest BCUT2D eigenvalue weighted by Crippen LogP contribution is 2.15. The molecule has 66 valence electrons. The fraction of sp³-hybridized carbons (Fsp3) is 0.400. The lowest BCUT2D eigenvalue weighted by molar-refractivity contribution is 0.153. The van der Waals surface area contributed by atoms with E-state index in [4.69, 9.17) is 5.73 Å². The lowest BCUT2D eigenvalue weighted by Crippen LogP contribution is -2.24. The maximum atomic E-state index is 9.56. The fourth-order valence-electron chi connectivity index (χ4n) is 1.07. The molecule has 0 amide bonds. The maximum absolute atomic E-state index is 9.56. The number of aryl methyl sites for hydroxylation is 1. The minimum atomic E-state index is -0.550. The molecule has 0 heterocycles. The molecule has 0 unspecified atom stereocenters. The number of benzene rings is 1. The molecule has 0 aliphatic rings. The van der Waals surface area contributed by atoms with E-state index in [1.165, 1.54) is 5.56 Å². The van der Waals surface area contributed by atoms with Gasteiger partial charge in [-0.3, -0.25) is 0 Å². The summed E-state index contributed by atoms with van der Waals surface area (Å²) >= 11 is 0. The van der Waals surface area contributed by atoms with Crippen LogP contribution in [0.5, 0.6) is 0 Å². The number of hydrogen-bond acceptors (Lipinski definition) is 2. The third-order valence-corrected chi connectivity index (χ3v) is 1.92. The number of aliphatic hydroxyl groups excluding tert-OH is 1. The van der Waals surface area contributed by atoms with Crippen molar-refractivity contribution >= 4 is 0 Å². The van der Waals surface area contributed by atoms with Crippen LogP contribution in [-0.4, -0.2) is 11.1 Å². The molecule has 2 nitrogen and oxygen atoms in total.